The van der Waals surface area contributed by atoms with E-state index >= 15 is 0 Å². The smallest absolute Gasteiger partial charge is 0.0462 e. The summed E-state index contributed by atoms with van der Waals surface area (Å²) >= 11 is 0. The monoisotopic (exact) mass is 511 g/mol. The van der Waals surface area contributed by atoms with Gasteiger partial charge >= 0.3 is 0 Å². The van der Waals surface area contributed by atoms with E-state index in [0.29, 0.717) is 0 Å². The molecule has 0 saturated carbocycles. The maximum Gasteiger partial charge on any atom is 0.0462 e. The lowest BCUT2D eigenvalue weighted by Gasteiger charge is -2.26. The molecule has 39 heavy (non-hydrogen) atoms. The molecule has 0 aromatic heterocycles. The highest BCUT2D eigenvalue weighted by atomic mass is 15.1. The minimum absolute atomic E-state index is 1.14. The Morgan fingerprint density at radius 3 is 1.13 bits per heavy atom. The topological polar surface area (TPSA) is 3.24 Å². The second-order valence-corrected chi connectivity index (χ2v) is 8.89. The van der Waals surface area contributed by atoms with E-state index in [1.165, 1.54) is 33.4 Å². The quantitative estimate of drug-likeness (QED) is 0.205. The normalized spacial score (nSPS) is 9.79. The predicted molar refractivity (Wildman–Crippen MR) is 173 cm³/mol. The summed E-state index contributed by atoms with van der Waals surface area (Å²) in [6.45, 7) is 12.2. The number of benzene rings is 5. The highest BCUT2D eigenvalue weighted by Gasteiger charge is 2.12. The summed E-state index contributed by atoms with van der Waals surface area (Å²) in [6.07, 6.45) is 2.27. The van der Waals surface area contributed by atoms with E-state index in [1.54, 1.807) is 0 Å². The zero-order chi connectivity index (χ0) is 28.0. The summed E-state index contributed by atoms with van der Waals surface area (Å²) in [5, 5.41) is 0. The van der Waals surface area contributed by atoms with Crippen LogP contribution in [0.3, 0.4) is 0 Å². The largest absolute Gasteiger partial charge is 0.311 e. The van der Waals surface area contributed by atoms with Crippen LogP contribution in [-0.4, -0.2) is 0 Å². The predicted octanol–water partition coefficient (Wildman–Crippen LogP) is 11.4. The number of hydrogen-bond acceptors (Lipinski definition) is 1. The van der Waals surface area contributed by atoms with Gasteiger partial charge in [0, 0.05) is 17.1 Å². The molecule has 0 atom stereocenters. The van der Waals surface area contributed by atoms with Gasteiger partial charge in [-0.05, 0) is 78.6 Å². The van der Waals surface area contributed by atoms with Crippen LogP contribution in [0, 0.1) is 13.8 Å². The standard InChI is InChI=1S/C34H29N.2C2H6/c1-26-13-19-31(20-14-26)35(32-21-15-27(2)16-22-32)33-23-17-28(18-24-33)25-34(29-9-5-3-6-10-29)30-11-7-4-8-12-30;2*1-2/h3-25H,1-2H3;2*1-2H3. The molecule has 0 fully saturated rings. The number of anilines is 3. The van der Waals surface area contributed by atoms with Gasteiger partial charge in [0.25, 0.3) is 0 Å². The summed E-state index contributed by atoms with van der Waals surface area (Å²) < 4.78 is 0. The Labute approximate surface area is 236 Å². The van der Waals surface area contributed by atoms with E-state index in [1.807, 2.05) is 27.7 Å². The van der Waals surface area contributed by atoms with Crippen molar-refractivity contribution in [2.75, 3.05) is 4.90 Å². The van der Waals surface area contributed by atoms with Crippen molar-refractivity contribution in [2.45, 2.75) is 41.5 Å². The van der Waals surface area contributed by atoms with Crippen molar-refractivity contribution in [3.63, 3.8) is 0 Å². The molecule has 198 valence electrons. The molecule has 0 spiro atoms. The maximum absolute atomic E-state index is 2.31. The van der Waals surface area contributed by atoms with Gasteiger partial charge in [0.05, 0.1) is 0 Å². The number of aryl methyl sites for hydroxylation is 2. The summed E-state index contributed by atoms with van der Waals surface area (Å²) in [5.41, 5.74) is 10.8. The summed E-state index contributed by atoms with van der Waals surface area (Å²) in [7, 11) is 0. The van der Waals surface area contributed by atoms with Gasteiger partial charge in [-0.3, -0.25) is 0 Å². The number of rotatable bonds is 6. The lowest BCUT2D eigenvalue weighted by molar-refractivity contribution is 1.27. The van der Waals surface area contributed by atoms with E-state index in [2.05, 4.69) is 158 Å². The van der Waals surface area contributed by atoms with E-state index in [4.69, 9.17) is 0 Å². The van der Waals surface area contributed by atoms with E-state index < -0.39 is 0 Å². The molecule has 5 aromatic carbocycles. The fourth-order valence-corrected chi connectivity index (χ4v) is 4.29. The van der Waals surface area contributed by atoms with Crippen LogP contribution in [0.1, 0.15) is 55.5 Å². The molecule has 0 aliphatic rings. The SMILES string of the molecule is CC.CC.Cc1ccc(N(c2ccc(C)cc2)c2ccc(C=C(c3ccccc3)c3ccccc3)cc2)cc1. The molecule has 0 aliphatic heterocycles. The van der Waals surface area contributed by atoms with Gasteiger partial charge < -0.3 is 4.90 Å². The molecule has 0 aliphatic carbocycles. The fourth-order valence-electron chi connectivity index (χ4n) is 4.29. The van der Waals surface area contributed by atoms with Crippen molar-refractivity contribution in [3.05, 3.63) is 161 Å². The van der Waals surface area contributed by atoms with Crippen LogP contribution in [0.2, 0.25) is 0 Å². The fraction of sp³-hybridized carbons (Fsp3) is 0.158. The van der Waals surface area contributed by atoms with E-state index in [0.717, 1.165) is 17.1 Å². The third-order valence-corrected chi connectivity index (χ3v) is 6.22. The van der Waals surface area contributed by atoms with Gasteiger partial charge in [0.1, 0.15) is 0 Å². The third kappa shape index (κ3) is 7.82. The van der Waals surface area contributed by atoms with Crippen LogP contribution in [0.15, 0.2) is 133 Å². The summed E-state index contributed by atoms with van der Waals surface area (Å²) in [4.78, 5) is 2.31. The van der Waals surface area contributed by atoms with Crippen LogP contribution < -0.4 is 4.90 Å². The average Bonchev–Trinajstić information content (AvgIpc) is 3.01. The molecule has 0 N–H and O–H groups in total. The lowest BCUT2D eigenvalue weighted by atomic mass is 9.95. The Kier molecular flexibility index (Phi) is 11.3. The zero-order valence-corrected chi connectivity index (χ0v) is 24.2. The van der Waals surface area contributed by atoms with Gasteiger partial charge in [-0.25, -0.2) is 0 Å². The maximum atomic E-state index is 2.31. The van der Waals surface area contributed by atoms with Crippen LogP contribution >= 0.6 is 0 Å². The minimum atomic E-state index is 1.14. The molecule has 0 saturated heterocycles. The van der Waals surface area contributed by atoms with Gasteiger partial charge in [-0.1, -0.05) is 136 Å². The molecule has 1 heteroatoms. The van der Waals surface area contributed by atoms with E-state index in [9.17, 15) is 0 Å². The second kappa shape index (κ2) is 15.1. The lowest BCUT2D eigenvalue weighted by Crippen LogP contribution is -2.09. The molecule has 1 nitrogen and oxygen atoms in total. The highest BCUT2D eigenvalue weighted by Crippen LogP contribution is 2.35. The van der Waals surface area contributed by atoms with Crippen molar-refractivity contribution in [3.8, 4) is 0 Å². The molecule has 5 aromatic rings. The van der Waals surface area contributed by atoms with Gasteiger partial charge in [-0.2, -0.15) is 0 Å². The van der Waals surface area contributed by atoms with Crippen molar-refractivity contribution < 1.29 is 0 Å². The average molecular weight is 512 g/mol. The van der Waals surface area contributed by atoms with Crippen LogP contribution in [-0.2, 0) is 0 Å². The zero-order valence-electron chi connectivity index (χ0n) is 24.2. The molecule has 0 amide bonds. The number of hydrogen-bond donors (Lipinski definition) is 0. The molecule has 0 unspecified atom stereocenters. The summed E-state index contributed by atoms with van der Waals surface area (Å²) in [6, 6.07) is 47.4. The molecular weight excluding hydrogens is 470 g/mol. The summed E-state index contributed by atoms with van der Waals surface area (Å²) in [5.74, 6) is 0. The molecule has 0 heterocycles. The third-order valence-electron chi connectivity index (χ3n) is 6.22. The first kappa shape index (κ1) is 29.2. The van der Waals surface area contributed by atoms with Gasteiger partial charge in [0.2, 0.25) is 0 Å². The van der Waals surface area contributed by atoms with E-state index in [-0.39, 0.29) is 0 Å². The van der Waals surface area contributed by atoms with Crippen molar-refractivity contribution in [1.29, 1.82) is 0 Å². The Hall–Kier alpha value is -4.36. The van der Waals surface area contributed by atoms with Gasteiger partial charge in [-0.15, -0.1) is 0 Å². The van der Waals surface area contributed by atoms with Crippen LogP contribution in [0.4, 0.5) is 17.1 Å². The first-order chi connectivity index (χ1) is 19.2. The minimum Gasteiger partial charge on any atom is -0.311 e. The van der Waals surface area contributed by atoms with Gasteiger partial charge in [0.15, 0.2) is 0 Å². The molecule has 0 bridgehead atoms. The molecule has 0 radical (unpaired) electrons. The molecule has 5 rings (SSSR count). The first-order valence-corrected chi connectivity index (χ1v) is 14.0. The van der Waals surface area contributed by atoms with Crippen LogP contribution in [0.5, 0.6) is 0 Å². The number of nitrogens with zero attached hydrogens (tertiary/aromatic N) is 1. The Balaban J connectivity index is 0.00000100. The van der Waals surface area contributed by atoms with Crippen molar-refractivity contribution in [2.24, 2.45) is 0 Å². The molecular formula is C38H41N. The Morgan fingerprint density at radius 1 is 0.436 bits per heavy atom. The Morgan fingerprint density at radius 2 is 0.769 bits per heavy atom. The van der Waals surface area contributed by atoms with Crippen LogP contribution in [0.25, 0.3) is 11.6 Å². The first-order valence-electron chi connectivity index (χ1n) is 14.0. The van der Waals surface area contributed by atoms with Crippen molar-refractivity contribution >= 4 is 28.7 Å². The highest BCUT2D eigenvalue weighted by molar-refractivity contribution is 5.91. The Bertz CT molecular complexity index is 1310. The van der Waals surface area contributed by atoms with Crippen molar-refractivity contribution in [1.82, 2.24) is 0 Å². The second-order valence-electron chi connectivity index (χ2n) is 8.89.